The molecule has 0 bridgehead atoms. The van der Waals surface area contributed by atoms with Crippen molar-refractivity contribution >= 4 is 29.7 Å². The molecule has 4 aromatic rings. The summed E-state index contributed by atoms with van der Waals surface area (Å²) < 4.78 is 48.5. The van der Waals surface area contributed by atoms with Crippen LogP contribution in [0.2, 0.25) is 0 Å². The van der Waals surface area contributed by atoms with Crippen molar-refractivity contribution in [3.8, 4) is 16.9 Å². The van der Waals surface area contributed by atoms with E-state index in [1.807, 2.05) is 49.1 Å². The largest absolute Gasteiger partial charge is 0.496 e. The zero-order chi connectivity index (χ0) is 34.6. The summed E-state index contributed by atoms with van der Waals surface area (Å²) in [6, 6.07) is 16.7. The summed E-state index contributed by atoms with van der Waals surface area (Å²) in [4.78, 5) is 30.2. The Morgan fingerprint density at radius 2 is 1.73 bits per heavy atom. The van der Waals surface area contributed by atoms with Crippen LogP contribution in [0.4, 0.5) is 18.9 Å². The van der Waals surface area contributed by atoms with Crippen molar-refractivity contribution in [2.75, 3.05) is 25.5 Å². The number of hydrogen-bond acceptors (Lipinski definition) is 6. The number of amides is 1. The highest BCUT2D eigenvalue weighted by atomic mass is 19.4. The summed E-state index contributed by atoms with van der Waals surface area (Å²) in [5.41, 5.74) is 4.89. The number of ether oxygens (including phenoxy) is 1. The van der Waals surface area contributed by atoms with E-state index in [4.69, 9.17) is 4.74 Å². The molecule has 0 saturated carbocycles. The first-order valence-electron chi connectivity index (χ1n) is 15.4. The number of aliphatic carboxylic acids is 1. The highest BCUT2D eigenvalue weighted by molar-refractivity contribution is 6.03. The fourth-order valence-corrected chi connectivity index (χ4v) is 5.96. The summed E-state index contributed by atoms with van der Waals surface area (Å²) in [6.45, 7) is 4.48. The number of anilines is 1. The summed E-state index contributed by atoms with van der Waals surface area (Å²) in [7, 11) is 1.40. The molecule has 0 unspecified atom stereocenters. The van der Waals surface area contributed by atoms with Gasteiger partial charge in [0.2, 0.25) is 0 Å². The highest BCUT2D eigenvalue weighted by Crippen LogP contribution is 2.38. The minimum atomic E-state index is -4.63. The normalized spacial score (nSPS) is 15.2. The fraction of sp³-hybridized carbons (Fsp3) is 0.270. The molecule has 1 atom stereocenters. The first kappa shape index (κ1) is 34.3. The predicted octanol–water partition coefficient (Wildman–Crippen LogP) is 7.21. The van der Waals surface area contributed by atoms with E-state index >= 15 is 0 Å². The van der Waals surface area contributed by atoms with Gasteiger partial charge >= 0.3 is 12.1 Å². The molecule has 0 radical (unpaired) electrons. The van der Waals surface area contributed by atoms with Crippen molar-refractivity contribution in [2.45, 2.75) is 39.6 Å². The van der Waals surface area contributed by atoms with Gasteiger partial charge in [-0.15, -0.1) is 0 Å². The summed E-state index contributed by atoms with van der Waals surface area (Å²) in [5.74, 6) is -1.56. The van der Waals surface area contributed by atoms with Crippen LogP contribution in [-0.4, -0.2) is 52.2 Å². The number of aliphatic hydroxyl groups is 1. The minimum absolute atomic E-state index is 0.0562. The third-order valence-electron chi connectivity index (χ3n) is 8.70. The number of carboxylic acid groups (broad SMARTS) is 1. The van der Waals surface area contributed by atoms with Crippen LogP contribution in [0.5, 0.6) is 5.75 Å². The lowest BCUT2D eigenvalue weighted by molar-refractivity contribution is -0.141. The Hall–Kier alpha value is -5.00. The second-order valence-corrected chi connectivity index (χ2v) is 11.8. The number of carbonyl (C=O) groups is 2. The van der Waals surface area contributed by atoms with Crippen molar-refractivity contribution in [1.82, 2.24) is 9.88 Å². The van der Waals surface area contributed by atoms with E-state index in [0.29, 0.717) is 41.1 Å². The number of benzene rings is 3. The number of hydrogen-bond donors (Lipinski definition) is 3. The second kappa shape index (κ2) is 14.4. The van der Waals surface area contributed by atoms with E-state index in [0.717, 1.165) is 28.3 Å². The molecule has 1 fully saturated rings. The van der Waals surface area contributed by atoms with Crippen molar-refractivity contribution in [2.24, 2.45) is 5.92 Å². The molecule has 11 heteroatoms. The predicted molar refractivity (Wildman–Crippen MR) is 177 cm³/mol. The maximum absolute atomic E-state index is 14.3. The van der Waals surface area contributed by atoms with Crippen LogP contribution in [0.1, 0.15) is 55.9 Å². The number of likely N-dealkylation sites (tertiary alicyclic amines) is 1. The molecule has 8 nitrogen and oxygen atoms in total. The van der Waals surface area contributed by atoms with Crippen LogP contribution in [-0.2, 0) is 24.1 Å². The Morgan fingerprint density at radius 3 is 2.35 bits per heavy atom. The SMILES string of the molecule is COc1cc(/C=C/c2cccc(-c3cccc(NC(=O)c4ccc(CO)cn4)c3C)c2C)c(C(F)(F)F)cc1CN1CC[C@@H](C(=O)O)C1. The molecular formula is C37H36F3N3O5. The third kappa shape index (κ3) is 7.58. The maximum atomic E-state index is 14.3. The fourth-order valence-electron chi connectivity index (χ4n) is 5.96. The van der Waals surface area contributed by atoms with Crippen molar-refractivity contribution in [3.05, 3.63) is 111 Å². The van der Waals surface area contributed by atoms with Crippen LogP contribution < -0.4 is 10.1 Å². The monoisotopic (exact) mass is 659 g/mol. The molecule has 250 valence electrons. The highest BCUT2D eigenvalue weighted by Gasteiger charge is 2.35. The van der Waals surface area contributed by atoms with Gasteiger partial charge in [0.1, 0.15) is 11.4 Å². The molecule has 0 aliphatic carbocycles. The molecule has 1 saturated heterocycles. The number of carboxylic acids is 1. The summed E-state index contributed by atoms with van der Waals surface area (Å²) in [6.07, 6.45) is 0.318. The number of nitrogens with one attached hydrogen (secondary N) is 1. The Bertz CT molecular complexity index is 1850. The number of methoxy groups -OCH3 is 1. The van der Waals surface area contributed by atoms with Gasteiger partial charge in [-0.3, -0.25) is 19.5 Å². The van der Waals surface area contributed by atoms with E-state index < -0.39 is 29.5 Å². The Kier molecular flexibility index (Phi) is 10.3. The first-order chi connectivity index (χ1) is 22.9. The molecule has 5 rings (SSSR count). The van der Waals surface area contributed by atoms with Crippen LogP contribution in [0.25, 0.3) is 23.3 Å². The average Bonchev–Trinajstić information content (AvgIpc) is 3.54. The molecule has 0 spiro atoms. The van der Waals surface area contributed by atoms with Gasteiger partial charge < -0.3 is 20.3 Å². The number of pyridine rings is 1. The van der Waals surface area contributed by atoms with E-state index in [1.165, 1.54) is 31.5 Å². The van der Waals surface area contributed by atoms with Gasteiger partial charge in [0.25, 0.3) is 5.91 Å². The summed E-state index contributed by atoms with van der Waals surface area (Å²) in [5, 5.41) is 21.5. The van der Waals surface area contributed by atoms with Crippen LogP contribution >= 0.6 is 0 Å². The average molecular weight is 660 g/mol. The lowest BCUT2D eigenvalue weighted by Gasteiger charge is -2.20. The Balaban J connectivity index is 1.43. The van der Waals surface area contributed by atoms with Crippen molar-refractivity contribution in [3.63, 3.8) is 0 Å². The molecular weight excluding hydrogens is 623 g/mol. The number of aromatic nitrogens is 1. The van der Waals surface area contributed by atoms with Gasteiger partial charge in [0.05, 0.1) is 25.2 Å². The first-order valence-corrected chi connectivity index (χ1v) is 15.4. The smallest absolute Gasteiger partial charge is 0.417 e. The standard InChI is InChI=1S/C37H36F3N3O5/c1-22-25(6-4-7-29(22)30-8-5-9-32(23(30)2)42-35(45)33-13-10-24(21-44)18-41-33)11-12-26-17-34(48-3)28(16-31(26)37(38,39)40)20-43-15-14-27(19-43)36(46)47/h4-13,16-18,27,44H,14-15,19-21H2,1-3H3,(H,42,45)(H,46,47)/b12-11+/t27-/m1/s1. The lowest BCUT2D eigenvalue weighted by atomic mass is 9.92. The zero-order valence-electron chi connectivity index (χ0n) is 26.8. The Morgan fingerprint density at radius 1 is 1.02 bits per heavy atom. The van der Waals surface area contributed by atoms with Gasteiger partial charge in [0, 0.05) is 30.5 Å². The van der Waals surface area contributed by atoms with E-state index in [2.05, 4.69) is 10.3 Å². The van der Waals surface area contributed by atoms with Crippen LogP contribution in [0.15, 0.2) is 66.9 Å². The van der Waals surface area contributed by atoms with E-state index in [9.17, 15) is 33.0 Å². The summed E-state index contributed by atoms with van der Waals surface area (Å²) >= 11 is 0. The van der Waals surface area contributed by atoms with Crippen LogP contribution in [0, 0.1) is 19.8 Å². The number of alkyl halides is 3. The third-order valence-corrected chi connectivity index (χ3v) is 8.70. The van der Waals surface area contributed by atoms with Crippen LogP contribution in [0.3, 0.4) is 0 Å². The Labute approximate surface area is 276 Å². The molecule has 1 aliphatic heterocycles. The number of nitrogens with zero attached hydrogens (tertiary/aromatic N) is 2. The second-order valence-electron chi connectivity index (χ2n) is 11.8. The number of rotatable bonds is 10. The van der Waals surface area contributed by atoms with Gasteiger partial charge in [-0.25, -0.2) is 0 Å². The molecule has 48 heavy (non-hydrogen) atoms. The van der Waals surface area contributed by atoms with Gasteiger partial charge in [-0.2, -0.15) is 13.2 Å². The van der Waals surface area contributed by atoms with Gasteiger partial charge in [-0.05, 0) is 90.0 Å². The van der Waals surface area contributed by atoms with Crippen molar-refractivity contribution < 1.29 is 37.7 Å². The molecule has 3 N–H and O–H groups in total. The lowest BCUT2D eigenvalue weighted by Crippen LogP contribution is -2.23. The zero-order valence-corrected chi connectivity index (χ0v) is 26.8. The van der Waals surface area contributed by atoms with Crippen molar-refractivity contribution in [1.29, 1.82) is 0 Å². The molecule has 2 heterocycles. The minimum Gasteiger partial charge on any atom is -0.496 e. The van der Waals surface area contributed by atoms with Gasteiger partial charge in [-0.1, -0.05) is 48.6 Å². The number of halogens is 3. The quantitative estimate of drug-likeness (QED) is 0.154. The molecule has 1 amide bonds. The molecule has 1 aliphatic rings. The van der Waals surface area contributed by atoms with E-state index in [-0.39, 0.29) is 31.0 Å². The van der Waals surface area contributed by atoms with E-state index in [1.54, 1.807) is 18.2 Å². The number of carbonyl (C=O) groups excluding carboxylic acids is 1. The van der Waals surface area contributed by atoms with Gasteiger partial charge in [0.15, 0.2) is 0 Å². The number of aliphatic hydroxyl groups excluding tert-OH is 1. The molecule has 3 aromatic carbocycles. The topological polar surface area (TPSA) is 112 Å². The maximum Gasteiger partial charge on any atom is 0.417 e. The molecule has 1 aromatic heterocycles.